The summed E-state index contributed by atoms with van der Waals surface area (Å²) in [4.78, 5) is 26.0. The molecule has 0 spiro atoms. The number of carboxylic acids is 1. The zero-order valence-corrected chi connectivity index (χ0v) is 11.2. The second kappa shape index (κ2) is 7.50. The Hall–Kier alpha value is -1.92. The van der Waals surface area contributed by atoms with Crippen molar-refractivity contribution in [2.75, 3.05) is 6.54 Å². The molecule has 0 aliphatic carbocycles. The van der Waals surface area contributed by atoms with Gasteiger partial charge in [-0.25, -0.2) is 9.67 Å². The molecule has 0 bridgehead atoms. The third-order valence-corrected chi connectivity index (χ3v) is 3.00. The Labute approximate surface area is 112 Å². The van der Waals surface area contributed by atoms with Crippen molar-refractivity contribution in [2.45, 2.75) is 39.2 Å². The van der Waals surface area contributed by atoms with Crippen molar-refractivity contribution in [3.05, 3.63) is 12.7 Å². The van der Waals surface area contributed by atoms with Crippen LogP contribution in [0.25, 0.3) is 0 Å². The fraction of sp³-hybridized carbons (Fsp3) is 0.667. The first-order valence-electron chi connectivity index (χ1n) is 6.34. The number of carbonyl (C=O) groups excluding carboxylic acids is 1. The van der Waals surface area contributed by atoms with Crippen LogP contribution in [-0.2, 0) is 9.59 Å². The fourth-order valence-electron chi connectivity index (χ4n) is 1.64. The predicted molar refractivity (Wildman–Crippen MR) is 68.4 cm³/mol. The molecule has 19 heavy (non-hydrogen) atoms. The molecular weight excluding hydrogens is 248 g/mol. The number of nitrogens with one attached hydrogen (secondary N) is 1. The van der Waals surface area contributed by atoms with Crippen LogP contribution in [0.3, 0.4) is 0 Å². The molecule has 1 aromatic heterocycles. The number of nitrogens with zero attached hydrogens (tertiary/aromatic N) is 3. The largest absolute Gasteiger partial charge is 0.481 e. The molecule has 2 atom stereocenters. The van der Waals surface area contributed by atoms with Gasteiger partial charge >= 0.3 is 5.97 Å². The number of hydrogen-bond donors (Lipinski definition) is 2. The van der Waals surface area contributed by atoms with Crippen molar-refractivity contribution in [2.24, 2.45) is 5.92 Å². The smallest absolute Gasteiger partial charge is 0.303 e. The number of amides is 1. The minimum atomic E-state index is -0.782. The molecule has 1 aromatic rings. The van der Waals surface area contributed by atoms with Gasteiger partial charge in [0, 0.05) is 13.0 Å². The number of rotatable bonds is 8. The Morgan fingerprint density at radius 1 is 1.37 bits per heavy atom. The average Bonchev–Trinajstić information content (AvgIpc) is 2.89. The Morgan fingerprint density at radius 2 is 2.11 bits per heavy atom. The molecule has 2 unspecified atom stereocenters. The van der Waals surface area contributed by atoms with E-state index in [9.17, 15) is 9.59 Å². The highest BCUT2D eigenvalue weighted by Crippen LogP contribution is 2.09. The summed E-state index contributed by atoms with van der Waals surface area (Å²) in [5.41, 5.74) is 0. The van der Waals surface area contributed by atoms with Gasteiger partial charge < -0.3 is 10.4 Å². The maximum Gasteiger partial charge on any atom is 0.303 e. The Bertz CT molecular complexity index is 405. The number of carboxylic acid groups (broad SMARTS) is 1. The Balaban J connectivity index is 2.21. The second-order valence-corrected chi connectivity index (χ2v) is 4.67. The van der Waals surface area contributed by atoms with Gasteiger partial charge in [-0.2, -0.15) is 5.10 Å². The van der Waals surface area contributed by atoms with Crippen LogP contribution in [-0.4, -0.2) is 38.3 Å². The number of aliphatic carboxylic acids is 1. The second-order valence-electron chi connectivity index (χ2n) is 4.67. The summed E-state index contributed by atoms with van der Waals surface area (Å²) < 4.78 is 1.49. The quantitative estimate of drug-likeness (QED) is 0.728. The highest BCUT2D eigenvalue weighted by molar-refractivity contribution is 5.79. The summed E-state index contributed by atoms with van der Waals surface area (Å²) in [6.07, 6.45) is 4.45. The first-order chi connectivity index (χ1) is 9.00. The first kappa shape index (κ1) is 15.1. The Morgan fingerprint density at radius 3 is 2.68 bits per heavy atom. The van der Waals surface area contributed by atoms with E-state index in [0.29, 0.717) is 13.0 Å². The summed E-state index contributed by atoms with van der Waals surface area (Å²) in [6.45, 7) is 4.27. The van der Waals surface area contributed by atoms with Crippen LogP contribution in [0.1, 0.15) is 39.2 Å². The highest BCUT2D eigenvalue weighted by Gasteiger charge is 2.15. The van der Waals surface area contributed by atoms with Crippen LogP contribution in [0.2, 0.25) is 0 Å². The Kier molecular flexibility index (Phi) is 5.98. The SMILES string of the molecule is CC(CCNC(=O)C(C)n1cncn1)CCC(=O)O. The molecule has 1 amide bonds. The molecule has 0 radical (unpaired) electrons. The summed E-state index contributed by atoms with van der Waals surface area (Å²) in [7, 11) is 0. The fourth-order valence-corrected chi connectivity index (χ4v) is 1.64. The van der Waals surface area contributed by atoms with E-state index < -0.39 is 12.0 Å². The van der Waals surface area contributed by atoms with Crippen molar-refractivity contribution < 1.29 is 14.7 Å². The van der Waals surface area contributed by atoms with Crippen molar-refractivity contribution in [3.8, 4) is 0 Å². The molecule has 0 aliphatic heterocycles. The topological polar surface area (TPSA) is 97.1 Å². The lowest BCUT2D eigenvalue weighted by molar-refractivity contribution is -0.137. The third-order valence-electron chi connectivity index (χ3n) is 3.00. The molecule has 1 rings (SSSR count). The standard InChI is InChI=1S/C12H20N4O3/c1-9(3-4-11(17)18)5-6-14-12(19)10(2)16-8-13-7-15-16/h7-10H,3-6H2,1-2H3,(H,14,19)(H,17,18). The van der Waals surface area contributed by atoms with Gasteiger partial charge in [-0.3, -0.25) is 9.59 Å². The van der Waals surface area contributed by atoms with Crippen molar-refractivity contribution in [1.82, 2.24) is 20.1 Å². The number of aromatic nitrogens is 3. The van der Waals surface area contributed by atoms with Gasteiger partial charge in [-0.1, -0.05) is 6.92 Å². The molecule has 2 N–H and O–H groups in total. The van der Waals surface area contributed by atoms with Gasteiger partial charge in [-0.05, 0) is 25.7 Å². The van der Waals surface area contributed by atoms with Crippen LogP contribution in [0, 0.1) is 5.92 Å². The molecule has 1 heterocycles. The van der Waals surface area contributed by atoms with Gasteiger partial charge in [0.05, 0.1) is 0 Å². The monoisotopic (exact) mass is 268 g/mol. The third kappa shape index (κ3) is 5.50. The van der Waals surface area contributed by atoms with Crippen LogP contribution < -0.4 is 5.32 Å². The van der Waals surface area contributed by atoms with Crippen LogP contribution in [0.15, 0.2) is 12.7 Å². The molecular formula is C12H20N4O3. The van der Waals surface area contributed by atoms with E-state index in [1.165, 1.54) is 17.3 Å². The van der Waals surface area contributed by atoms with E-state index in [1.54, 1.807) is 6.92 Å². The van der Waals surface area contributed by atoms with Gasteiger partial charge in [0.1, 0.15) is 18.7 Å². The zero-order valence-electron chi connectivity index (χ0n) is 11.2. The van der Waals surface area contributed by atoms with E-state index in [-0.39, 0.29) is 18.2 Å². The lowest BCUT2D eigenvalue weighted by Crippen LogP contribution is -2.32. The summed E-state index contributed by atoms with van der Waals surface area (Å²) in [6, 6.07) is -0.392. The lowest BCUT2D eigenvalue weighted by atomic mass is 10.0. The maximum absolute atomic E-state index is 11.8. The molecule has 0 saturated carbocycles. The molecule has 0 aliphatic rings. The van der Waals surface area contributed by atoms with E-state index in [1.807, 2.05) is 6.92 Å². The summed E-state index contributed by atoms with van der Waals surface area (Å²) >= 11 is 0. The molecule has 0 aromatic carbocycles. The van der Waals surface area contributed by atoms with Crippen molar-refractivity contribution in [3.63, 3.8) is 0 Å². The molecule has 0 saturated heterocycles. The van der Waals surface area contributed by atoms with E-state index >= 15 is 0 Å². The van der Waals surface area contributed by atoms with Gasteiger partial charge in [0.25, 0.3) is 0 Å². The van der Waals surface area contributed by atoms with E-state index in [4.69, 9.17) is 5.11 Å². The molecule has 7 heteroatoms. The lowest BCUT2D eigenvalue weighted by Gasteiger charge is -2.14. The number of hydrogen-bond acceptors (Lipinski definition) is 4. The van der Waals surface area contributed by atoms with Crippen LogP contribution >= 0.6 is 0 Å². The van der Waals surface area contributed by atoms with Gasteiger partial charge in [0.2, 0.25) is 5.91 Å². The molecule has 0 fully saturated rings. The highest BCUT2D eigenvalue weighted by atomic mass is 16.4. The summed E-state index contributed by atoms with van der Waals surface area (Å²) in [5, 5.41) is 15.3. The minimum absolute atomic E-state index is 0.115. The maximum atomic E-state index is 11.8. The molecule has 106 valence electrons. The van der Waals surface area contributed by atoms with Crippen LogP contribution in [0.5, 0.6) is 0 Å². The average molecular weight is 268 g/mol. The molecule has 7 nitrogen and oxygen atoms in total. The van der Waals surface area contributed by atoms with Crippen molar-refractivity contribution in [1.29, 1.82) is 0 Å². The van der Waals surface area contributed by atoms with Crippen molar-refractivity contribution >= 4 is 11.9 Å². The minimum Gasteiger partial charge on any atom is -0.481 e. The summed E-state index contributed by atoms with van der Waals surface area (Å²) in [5.74, 6) is -0.621. The van der Waals surface area contributed by atoms with Crippen LogP contribution in [0.4, 0.5) is 0 Å². The first-order valence-corrected chi connectivity index (χ1v) is 6.34. The number of carbonyl (C=O) groups is 2. The van der Waals surface area contributed by atoms with E-state index in [2.05, 4.69) is 15.4 Å². The predicted octanol–water partition coefficient (Wildman–Crippen LogP) is 0.846. The van der Waals surface area contributed by atoms with E-state index in [0.717, 1.165) is 6.42 Å². The normalized spacial score (nSPS) is 13.8. The zero-order chi connectivity index (χ0) is 14.3. The van der Waals surface area contributed by atoms with Gasteiger partial charge in [-0.15, -0.1) is 0 Å². The van der Waals surface area contributed by atoms with Gasteiger partial charge in [0.15, 0.2) is 0 Å².